The molecule has 1 unspecified atom stereocenters. The molecule has 0 saturated carbocycles. The number of nitrogens with one attached hydrogen (secondary N) is 1. The number of fused-ring (bicyclic) bond motifs is 1. The number of carbonyl (C=O) groups is 1. The molecule has 2 aliphatic rings. The Kier molecular flexibility index (Phi) is 4.72. The molecule has 0 bridgehead atoms. The van der Waals surface area contributed by atoms with Crippen molar-refractivity contribution in [3.63, 3.8) is 0 Å². The first-order valence-electron chi connectivity index (χ1n) is 9.50. The topological polar surface area (TPSA) is 75.9 Å². The van der Waals surface area contributed by atoms with Crippen LogP contribution in [0.4, 0.5) is 0 Å². The van der Waals surface area contributed by atoms with Gasteiger partial charge in [0, 0.05) is 68.2 Å². The van der Waals surface area contributed by atoms with Gasteiger partial charge in [0.15, 0.2) is 0 Å². The van der Waals surface area contributed by atoms with E-state index in [-0.39, 0.29) is 17.9 Å². The molecular formula is C19H26N6O. The SMILES string of the molecule is CC(C)n1cc(C(=O)N2CCCC(c3ncc4c(n3)CCNC4)C2)cn1. The first-order valence-corrected chi connectivity index (χ1v) is 9.50. The first kappa shape index (κ1) is 17.1. The summed E-state index contributed by atoms with van der Waals surface area (Å²) in [6, 6.07) is 0.254. The highest BCUT2D eigenvalue weighted by Gasteiger charge is 2.28. The van der Waals surface area contributed by atoms with Crippen molar-refractivity contribution in [1.82, 2.24) is 30.0 Å². The fourth-order valence-electron chi connectivity index (χ4n) is 3.73. The molecule has 138 valence electrons. The number of amides is 1. The van der Waals surface area contributed by atoms with Crippen LogP contribution in [0.3, 0.4) is 0 Å². The van der Waals surface area contributed by atoms with Gasteiger partial charge in [0.1, 0.15) is 5.82 Å². The summed E-state index contributed by atoms with van der Waals surface area (Å²) >= 11 is 0. The van der Waals surface area contributed by atoms with E-state index in [0.717, 1.165) is 50.4 Å². The number of likely N-dealkylation sites (tertiary alicyclic amines) is 1. The monoisotopic (exact) mass is 354 g/mol. The largest absolute Gasteiger partial charge is 0.338 e. The van der Waals surface area contributed by atoms with Crippen molar-refractivity contribution in [2.75, 3.05) is 19.6 Å². The average Bonchev–Trinajstić information content (AvgIpc) is 3.18. The molecule has 2 aliphatic heterocycles. The number of carbonyl (C=O) groups excluding carboxylic acids is 1. The molecule has 4 heterocycles. The Morgan fingerprint density at radius 2 is 2.23 bits per heavy atom. The second-order valence-electron chi connectivity index (χ2n) is 7.52. The Morgan fingerprint density at radius 1 is 1.35 bits per heavy atom. The molecule has 0 radical (unpaired) electrons. The molecule has 1 fully saturated rings. The van der Waals surface area contributed by atoms with Gasteiger partial charge in [-0.3, -0.25) is 9.48 Å². The van der Waals surface area contributed by atoms with Crippen molar-refractivity contribution in [3.8, 4) is 0 Å². The fraction of sp³-hybridized carbons (Fsp3) is 0.579. The number of hydrogen-bond donors (Lipinski definition) is 1. The van der Waals surface area contributed by atoms with E-state index >= 15 is 0 Å². The first-order chi connectivity index (χ1) is 12.6. The third-order valence-corrected chi connectivity index (χ3v) is 5.28. The number of piperidine rings is 1. The maximum Gasteiger partial charge on any atom is 0.257 e. The lowest BCUT2D eigenvalue weighted by Gasteiger charge is -2.32. The Labute approximate surface area is 153 Å². The second-order valence-corrected chi connectivity index (χ2v) is 7.52. The molecule has 26 heavy (non-hydrogen) atoms. The van der Waals surface area contributed by atoms with Crippen LogP contribution < -0.4 is 5.32 Å². The summed E-state index contributed by atoms with van der Waals surface area (Å²) in [5.74, 6) is 1.16. The minimum Gasteiger partial charge on any atom is -0.338 e. The van der Waals surface area contributed by atoms with Gasteiger partial charge < -0.3 is 10.2 Å². The highest BCUT2D eigenvalue weighted by atomic mass is 16.2. The van der Waals surface area contributed by atoms with Crippen LogP contribution in [0.5, 0.6) is 0 Å². The Balaban J connectivity index is 1.49. The highest BCUT2D eigenvalue weighted by molar-refractivity contribution is 5.93. The maximum atomic E-state index is 12.9. The molecule has 1 amide bonds. The third kappa shape index (κ3) is 3.35. The van der Waals surface area contributed by atoms with E-state index in [4.69, 9.17) is 4.98 Å². The standard InChI is InChI=1S/C19H26N6O/c1-13(2)25-12-16(10-22-25)19(26)24-7-3-4-14(11-24)18-21-9-15-8-20-6-5-17(15)23-18/h9-10,12-14,20H,3-8,11H2,1-2H3. The summed E-state index contributed by atoms with van der Waals surface area (Å²) < 4.78 is 1.83. The number of aromatic nitrogens is 4. The van der Waals surface area contributed by atoms with Crippen LogP contribution in [0, 0.1) is 0 Å². The van der Waals surface area contributed by atoms with Crippen molar-refractivity contribution < 1.29 is 4.79 Å². The van der Waals surface area contributed by atoms with Crippen LogP contribution >= 0.6 is 0 Å². The summed E-state index contributed by atoms with van der Waals surface area (Å²) in [7, 11) is 0. The lowest BCUT2D eigenvalue weighted by molar-refractivity contribution is 0.0704. The van der Waals surface area contributed by atoms with E-state index < -0.39 is 0 Å². The van der Waals surface area contributed by atoms with Gasteiger partial charge in [0.25, 0.3) is 5.91 Å². The van der Waals surface area contributed by atoms with Crippen LogP contribution in [0.2, 0.25) is 0 Å². The Hall–Kier alpha value is -2.28. The lowest BCUT2D eigenvalue weighted by Crippen LogP contribution is -2.39. The summed E-state index contributed by atoms with van der Waals surface area (Å²) in [6.45, 7) is 7.41. The predicted octanol–water partition coefficient (Wildman–Crippen LogP) is 1.92. The zero-order valence-electron chi connectivity index (χ0n) is 15.5. The van der Waals surface area contributed by atoms with Gasteiger partial charge in [-0.2, -0.15) is 5.10 Å². The average molecular weight is 354 g/mol. The van der Waals surface area contributed by atoms with Gasteiger partial charge >= 0.3 is 0 Å². The van der Waals surface area contributed by atoms with Gasteiger partial charge in [-0.15, -0.1) is 0 Å². The minimum absolute atomic E-state index is 0.0590. The molecule has 7 heteroatoms. The zero-order valence-corrected chi connectivity index (χ0v) is 15.5. The van der Waals surface area contributed by atoms with Gasteiger partial charge in [-0.25, -0.2) is 9.97 Å². The molecule has 2 aromatic heterocycles. The van der Waals surface area contributed by atoms with Crippen LogP contribution in [-0.2, 0) is 13.0 Å². The molecule has 1 N–H and O–H groups in total. The number of nitrogens with zero attached hydrogens (tertiary/aromatic N) is 5. The number of rotatable bonds is 3. The van der Waals surface area contributed by atoms with Gasteiger partial charge in [-0.1, -0.05) is 0 Å². The van der Waals surface area contributed by atoms with E-state index in [1.165, 1.54) is 5.56 Å². The van der Waals surface area contributed by atoms with Crippen LogP contribution in [0.1, 0.15) is 66.1 Å². The molecule has 7 nitrogen and oxygen atoms in total. The van der Waals surface area contributed by atoms with Crippen molar-refractivity contribution in [3.05, 3.63) is 41.2 Å². The molecule has 1 atom stereocenters. The van der Waals surface area contributed by atoms with Crippen LogP contribution in [-0.4, -0.2) is 50.2 Å². The summed E-state index contributed by atoms with van der Waals surface area (Å²) in [5.41, 5.74) is 3.03. The third-order valence-electron chi connectivity index (χ3n) is 5.28. The van der Waals surface area contributed by atoms with Crippen LogP contribution in [0.15, 0.2) is 18.6 Å². The summed E-state index contributed by atoms with van der Waals surface area (Å²) in [5, 5.41) is 7.64. The van der Waals surface area contributed by atoms with Gasteiger partial charge in [-0.05, 0) is 26.7 Å². The second kappa shape index (κ2) is 7.15. The van der Waals surface area contributed by atoms with E-state index in [1.54, 1.807) is 6.20 Å². The minimum atomic E-state index is 0.0590. The molecule has 0 spiro atoms. The fourth-order valence-corrected chi connectivity index (χ4v) is 3.73. The Bertz CT molecular complexity index is 799. The van der Waals surface area contributed by atoms with Crippen molar-refractivity contribution in [2.24, 2.45) is 0 Å². The quantitative estimate of drug-likeness (QED) is 0.911. The molecule has 4 rings (SSSR count). The smallest absolute Gasteiger partial charge is 0.257 e. The normalized spacial score (nSPS) is 20.3. The van der Waals surface area contributed by atoms with E-state index in [9.17, 15) is 4.79 Å². The van der Waals surface area contributed by atoms with E-state index in [0.29, 0.717) is 12.1 Å². The molecule has 1 saturated heterocycles. The summed E-state index contributed by atoms with van der Waals surface area (Å²) in [4.78, 5) is 24.2. The molecular weight excluding hydrogens is 328 g/mol. The van der Waals surface area contributed by atoms with Crippen molar-refractivity contribution in [1.29, 1.82) is 0 Å². The highest BCUT2D eigenvalue weighted by Crippen LogP contribution is 2.26. The maximum absolute atomic E-state index is 12.9. The lowest BCUT2D eigenvalue weighted by atomic mass is 9.96. The van der Waals surface area contributed by atoms with Crippen molar-refractivity contribution in [2.45, 2.75) is 51.6 Å². The van der Waals surface area contributed by atoms with Crippen molar-refractivity contribution >= 4 is 5.91 Å². The number of hydrogen-bond acceptors (Lipinski definition) is 5. The van der Waals surface area contributed by atoms with Gasteiger partial charge in [0.05, 0.1) is 11.8 Å². The van der Waals surface area contributed by atoms with E-state index in [1.807, 2.05) is 22.0 Å². The van der Waals surface area contributed by atoms with E-state index in [2.05, 4.69) is 29.2 Å². The molecule has 2 aromatic rings. The predicted molar refractivity (Wildman–Crippen MR) is 97.9 cm³/mol. The van der Waals surface area contributed by atoms with Gasteiger partial charge in [0.2, 0.25) is 0 Å². The molecule has 0 aromatic carbocycles. The summed E-state index contributed by atoms with van der Waals surface area (Å²) in [6.07, 6.45) is 8.45. The van der Waals surface area contributed by atoms with Crippen LogP contribution in [0.25, 0.3) is 0 Å². The Morgan fingerprint density at radius 3 is 3.04 bits per heavy atom. The zero-order chi connectivity index (χ0) is 18.1. The molecule has 0 aliphatic carbocycles.